The second kappa shape index (κ2) is 24.5. The summed E-state index contributed by atoms with van der Waals surface area (Å²) in [5.41, 5.74) is 0. The van der Waals surface area contributed by atoms with E-state index in [2.05, 4.69) is 6.92 Å². The van der Waals surface area contributed by atoms with Gasteiger partial charge in [-0.25, -0.2) is 8.42 Å². The molecule has 0 aromatic rings. The van der Waals surface area contributed by atoms with Crippen molar-refractivity contribution in [2.45, 2.75) is 148 Å². The van der Waals surface area contributed by atoms with Crippen molar-refractivity contribution in [2.24, 2.45) is 0 Å². The molecule has 0 saturated carbocycles. The van der Waals surface area contributed by atoms with Gasteiger partial charge in [0.25, 0.3) is 0 Å². The molecular weight excluding hydrogens is 407 g/mol. The van der Waals surface area contributed by atoms with E-state index in [1.54, 1.807) is 0 Å². The van der Waals surface area contributed by atoms with Gasteiger partial charge in [-0.2, -0.15) is 0 Å². The summed E-state index contributed by atoms with van der Waals surface area (Å²) >= 11 is 0. The normalized spacial score (nSPS) is 12.6. The predicted octanol–water partition coefficient (Wildman–Crippen LogP) is 4.11. The molecule has 1 unspecified atom stereocenters. The fraction of sp³-hybridized carbons (Fsp3) is 1.00. The molecule has 0 aliphatic heterocycles. The molecular formula is C24H49NaO4S. The molecule has 0 fully saturated rings. The van der Waals surface area contributed by atoms with Crippen LogP contribution in [-0.2, 0) is 10.1 Å². The van der Waals surface area contributed by atoms with Crippen LogP contribution in [-0.4, -0.2) is 29.9 Å². The van der Waals surface area contributed by atoms with Crippen LogP contribution >= 0.6 is 0 Å². The Hall–Kier alpha value is 0.870. The molecule has 176 valence electrons. The van der Waals surface area contributed by atoms with Crippen LogP contribution in [0.15, 0.2) is 0 Å². The van der Waals surface area contributed by atoms with Gasteiger partial charge in [0.15, 0.2) is 0 Å². The molecule has 0 amide bonds. The van der Waals surface area contributed by atoms with E-state index < -0.39 is 10.1 Å². The summed E-state index contributed by atoms with van der Waals surface area (Å²) in [7, 11) is -4.02. The van der Waals surface area contributed by atoms with Gasteiger partial charge in [0.1, 0.15) is 0 Å². The van der Waals surface area contributed by atoms with Gasteiger partial charge in [0.2, 0.25) is 0 Å². The third-order valence-corrected chi connectivity index (χ3v) is 6.61. The predicted molar refractivity (Wildman–Crippen MR) is 123 cm³/mol. The summed E-state index contributed by atoms with van der Waals surface area (Å²) in [5, 5.41) is 10.1. The van der Waals surface area contributed by atoms with Crippen LogP contribution in [0.25, 0.3) is 0 Å². The van der Waals surface area contributed by atoms with Crippen molar-refractivity contribution in [2.75, 3.05) is 5.75 Å². The molecule has 0 heterocycles. The summed E-state index contributed by atoms with van der Waals surface area (Å²) < 4.78 is 31.5. The molecule has 0 radical (unpaired) electrons. The SMILES string of the molecule is CCCCCCCCCC(O)CCCCCCCCCCCCCCS(=O)(=O)[O-].[Na+]. The van der Waals surface area contributed by atoms with Crippen LogP contribution in [0.4, 0.5) is 0 Å². The Balaban J connectivity index is 0. The minimum atomic E-state index is -4.02. The third kappa shape index (κ3) is 28.9. The van der Waals surface area contributed by atoms with Crippen molar-refractivity contribution in [3.8, 4) is 0 Å². The number of unbranched alkanes of at least 4 members (excludes halogenated alkanes) is 17. The molecule has 0 spiro atoms. The Morgan fingerprint density at radius 3 is 1.23 bits per heavy atom. The summed E-state index contributed by atoms with van der Waals surface area (Å²) in [4.78, 5) is 0. The molecule has 0 aromatic heterocycles. The largest absolute Gasteiger partial charge is 1.00 e. The molecule has 0 aromatic carbocycles. The molecule has 0 aliphatic rings. The van der Waals surface area contributed by atoms with E-state index in [9.17, 15) is 18.1 Å². The minimum Gasteiger partial charge on any atom is -0.748 e. The molecule has 0 aliphatic carbocycles. The Labute approximate surface area is 210 Å². The summed E-state index contributed by atoms with van der Waals surface area (Å²) in [6.07, 6.45) is 24.7. The van der Waals surface area contributed by atoms with Crippen LogP contribution in [0.5, 0.6) is 0 Å². The number of aliphatic hydroxyl groups is 1. The zero-order valence-electron chi connectivity index (χ0n) is 20.2. The number of rotatable bonds is 23. The van der Waals surface area contributed by atoms with Crippen LogP contribution in [0.1, 0.15) is 142 Å². The topological polar surface area (TPSA) is 77.4 Å². The van der Waals surface area contributed by atoms with E-state index in [1.165, 1.54) is 89.9 Å². The maximum Gasteiger partial charge on any atom is 1.00 e. The molecule has 0 rings (SSSR count). The Bertz CT molecular complexity index is 429. The molecule has 6 heteroatoms. The molecule has 4 nitrogen and oxygen atoms in total. The van der Waals surface area contributed by atoms with Gasteiger partial charge in [-0.05, 0) is 19.3 Å². The maximum atomic E-state index is 10.5. The smallest absolute Gasteiger partial charge is 0.748 e. The Morgan fingerprint density at radius 1 is 0.600 bits per heavy atom. The van der Waals surface area contributed by atoms with Crippen molar-refractivity contribution < 1.29 is 47.6 Å². The summed E-state index contributed by atoms with van der Waals surface area (Å²) in [6, 6.07) is 0. The van der Waals surface area contributed by atoms with Gasteiger partial charge in [0, 0.05) is 5.75 Å². The minimum absolute atomic E-state index is 0. The first-order valence-electron chi connectivity index (χ1n) is 12.6. The second-order valence-corrected chi connectivity index (χ2v) is 10.4. The van der Waals surface area contributed by atoms with Gasteiger partial charge < -0.3 is 9.66 Å². The first-order valence-corrected chi connectivity index (χ1v) is 14.1. The first-order chi connectivity index (χ1) is 14.0. The molecule has 1 atom stereocenters. The Morgan fingerprint density at radius 2 is 0.900 bits per heavy atom. The molecule has 30 heavy (non-hydrogen) atoms. The van der Waals surface area contributed by atoms with Crippen molar-refractivity contribution in [3.05, 3.63) is 0 Å². The van der Waals surface area contributed by atoms with Crippen LogP contribution in [0.2, 0.25) is 0 Å². The fourth-order valence-electron chi connectivity index (χ4n) is 3.91. The van der Waals surface area contributed by atoms with Crippen LogP contribution < -0.4 is 29.6 Å². The molecule has 1 N–H and O–H groups in total. The molecule has 0 saturated heterocycles. The summed E-state index contributed by atoms with van der Waals surface area (Å²) in [5.74, 6) is -0.205. The van der Waals surface area contributed by atoms with Crippen molar-refractivity contribution in [3.63, 3.8) is 0 Å². The maximum absolute atomic E-state index is 10.5. The van der Waals surface area contributed by atoms with Gasteiger partial charge >= 0.3 is 29.6 Å². The van der Waals surface area contributed by atoms with E-state index in [4.69, 9.17) is 0 Å². The first kappa shape index (κ1) is 33.0. The van der Waals surface area contributed by atoms with Crippen LogP contribution in [0, 0.1) is 0 Å². The van der Waals surface area contributed by atoms with Gasteiger partial charge in [-0.15, -0.1) is 0 Å². The van der Waals surface area contributed by atoms with Crippen molar-refractivity contribution >= 4 is 10.1 Å². The van der Waals surface area contributed by atoms with E-state index >= 15 is 0 Å². The average molecular weight is 457 g/mol. The average Bonchev–Trinajstić information content (AvgIpc) is 2.66. The number of hydrogen-bond donors (Lipinski definition) is 1. The van der Waals surface area contributed by atoms with Crippen molar-refractivity contribution in [1.29, 1.82) is 0 Å². The quantitative estimate of drug-likeness (QED) is 0.143. The Kier molecular flexibility index (Phi) is 27.0. The second-order valence-electron chi connectivity index (χ2n) is 8.86. The zero-order valence-corrected chi connectivity index (χ0v) is 23.0. The van der Waals surface area contributed by atoms with E-state index in [1.807, 2.05) is 0 Å². The van der Waals surface area contributed by atoms with Crippen LogP contribution in [0.3, 0.4) is 0 Å². The fourth-order valence-corrected chi connectivity index (χ4v) is 4.47. The monoisotopic (exact) mass is 456 g/mol. The number of hydrogen-bond acceptors (Lipinski definition) is 4. The van der Waals surface area contributed by atoms with Gasteiger partial charge in [-0.1, -0.05) is 122 Å². The van der Waals surface area contributed by atoms with E-state index in [0.29, 0.717) is 6.42 Å². The zero-order chi connectivity index (χ0) is 21.6. The van der Waals surface area contributed by atoms with Gasteiger partial charge in [0.05, 0.1) is 16.2 Å². The third-order valence-electron chi connectivity index (χ3n) is 5.82. The van der Waals surface area contributed by atoms with E-state index in [-0.39, 0.29) is 41.4 Å². The van der Waals surface area contributed by atoms with Gasteiger partial charge in [-0.3, -0.25) is 0 Å². The standard InChI is InChI=1S/C24H50O4S.Na/c1-2-3-4-5-12-15-18-21-24(25)22-19-16-13-10-8-6-7-9-11-14-17-20-23-29(26,27)28;/h24-25H,2-23H2,1H3,(H,26,27,28);/q;+1/p-1. The molecule has 0 bridgehead atoms. The number of aliphatic hydroxyl groups excluding tert-OH is 1. The van der Waals surface area contributed by atoms with Crippen molar-refractivity contribution in [1.82, 2.24) is 0 Å². The van der Waals surface area contributed by atoms with E-state index in [0.717, 1.165) is 38.5 Å². The summed E-state index contributed by atoms with van der Waals surface area (Å²) in [6.45, 7) is 2.25.